The van der Waals surface area contributed by atoms with Crippen LogP contribution in [0.15, 0.2) is 72.8 Å². The highest BCUT2D eigenvalue weighted by atomic mass is 32.2. The van der Waals surface area contributed by atoms with Crippen LogP contribution in [0.4, 0.5) is 5.69 Å². The molecule has 186 valence electrons. The van der Waals surface area contributed by atoms with Crippen molar-refractivity contribution in [2.24, 2.45) is 0 Å². The number of aryl methyl sites for hydroxylation is 1. The Kier molecular flexibility index (Phi) is 8.76. The van der Waals surface area contributed by atoms with Gasteiger partial charge in [0.15, 0.2) is 0 Å². The molecular weight excluding hydrogens is 464 g/mol. The molecule has 0 heterocycles. The molecule has 0 bridgehead atoms. The third kappa shape index (κ3) is 7.23. The van der Waals surface area contributed by atoms with Gasteiger partial charge in [-0.3, -0.25) is 9.10 Å². The minimum atomic E-state index is -3.69. The Bertz CT molecular complexity index is 1230. The fraction of sp³-hybridized carbons (Fsp3) is 0.296. The molecule has 3 rings (SSSR count). The molecule has 3 aromatic carbocycles. The molecule has 1 N–H and O–H groups in total. The van der Waals surface area contributed by atoms with Crippen molar-refractivity contribution in [3.63, 3.8) is 0 Å². The highest BCUT2D eigenvalue weighted by molar-refractivity contribution is 7.92. The second kappa shape index (κ2) is 11.8. The molecule has 0 aliphatic carbocycles. The van der Waals surface area contributed by atoms with Crippen molar-refractivity contribution >= 4 is 21.6 Å². The number of carbonyl (C=O) groups excluding carboxylic acids is 1. The van der Waals surface area contributed by atoms with Crippen LogP contribution in [0.3, 0.4) is 0 Å². The number of sulfonamides is 1. The van der Waals surface area contributed by atoms with Crippen molar-refractivity contribution in [2.45, 2.75) is 32.9 Å². The summed E-state index contributed by atoms with van der Waals surface area (Å²) >= 11 is 0. The molecule has 35 heavy (non-hydrogen) atoms. The van der Waals surface area contributed by atoms with E-state index in [2.05, 4.69) is 5.32 Å². The number of nitrogens with zero attached hydrogens (tertiary/aromatic N) is 1. The Balaban J connectivity index is 1.69. The molecule has 1 atom stereocenters. The number of amides is 1. The van der Waals surface area contributed by atoms with Gasteiger partial charge >= 0.3 is 0 Å². The molecule has 0 radical (unpaired) electrons. The summed E-state index contributed by atoms with van der Waals surface area (Å²) in [7, 11) is -2.07. The van der Waals surface area contributed by atoms with Crippen molar-refractivity contribution in [3.8, 4) is 11.5 Å². The monoisotopic (exact) mass is 496 g/mol. The van der Waals surface area contributed by atoms with Crippen molar-refractivity contribution in [3.05, 3.63) is 89.5 Å². The molecule has 0 aliphatic heterocycles. The highest BCUT2D eigenvalue weighted by Crippen LogP contribution is 2.25. The normalized spacial score (nSPS) is 12.0. The van der Waals surface area contributed by atoms with Gasteiger partial charge in [0.1, 0.15) is 24.7 Å². The van der Waals surface area contributed by atoms with Gasteiger partial charge in [0.25, 0.3) is 0 Å². The lowest BCUT2D eigenvalue weighted by Crippen LogP contribution is -2.41. The first-order valence-corrected chi connectivity index (χ1v) is 13.2. The molecular formula is C27H32N2O5S. The van der Waals surface area contributed by atoms with Crippen molar-refractivity contribution < 1.29 is 22.7 Å². The summed E-state index contributed by atoms with van der Waals surface area (Å²) in [5.41, 5.74) is 3.32. The molecule has 1 amide bonds. The summed E-state index contributed by atoms with van der Waals surface area (Å²) in [5.74, 6) is 0.992. The van der Waals surface area contributed by atoms with Gasteiger partial charge in [0.05, 0.1) is 25.1 Å². The van der Waals surface area contributed by atoms with Crippen LogP contribution in [0.25, 0.3) is 0 Å². The van der Waals surface area contributed by atoms with E-state index >= 15 is 0 Å². The molecule has 0 aromatic heterocycles. The number of rotatable bonds is 11. The SMILES string of the molecule is CC[C@H](NC(=O)CN(c1ccc(OCc2ccccc2)cc1)S(C)(=O)=O)c1ccc(OC)c(C)c1. The number of methoxy groups -OCH3 is 1. The lowest BCUT2D eigenvalue weighted by atomic mass is 10.0. The van der Waals surface area contributed by atoms with Gasteiger partial charge in [0, 0.05) is 0 Å². The summed E-state index contributed by atoms with van der Waals surface area (Å²) in [6.07, 6.45) is 1.74. The molecule has 0 spiro atoms. The molecule has 0 saturated heterocycles. The largest absolute Gasteiger partial charge is 0.496 e. The van der Waals surface area contributed by atoms with Crippen LogP contribution in [0.1, 0.15) is 36.1 Å². The quantitative estimate of drug-likeness (QED) is 0.419. The van der Waals surface area contributed by atoms with E-state index < -0.39 is 10.0 Å². The smallest absolute Gasteiger partial charge is 0.241 e. The van der Waals surface area contributed by atoms with Gasteiger partial charge < -0.3 is 14.8 Å². The molecule has 0 saturated carbocycles. The average Bonchev–Trinajstić information content (AvgIpc) is 2.85. The summed E-state index contributed by atoms with van der Waals surface area (Å²) in [6.45, 7) is 3.98. The number of ether oxygens (including phenoxy) is 2. The van der Waals surface area contributed by atoms with E-state index in [0.29, 0.717) is 24.5 Å². The Morgan fingerprint density at radius 2 is 1.71 bits per heavy atom. The van der Waals surface area contributed by atoms with E-state index in [9.17, 15) is 13.2 Å². The molecule has 0 unspecified atom stereocenters. The van der Waals surface area contributed by atoms with Crippen LogP contribution >= 0.6 is 0 Å². The Morgan fingerprint density at radius 1 is 1.03 bits per heavy atom. The van der Waals surface area contributed by atoms with E-state index in [1.807, 2.05) is 62.4 Å². The zero-order chi connectivity index (χ0) is 25.4. The third-order valence-electron chi connectivity index (χ3n) is 5.63. The number of benzene rings is 3. The summed E-state index contributed by atoms with van der Waals surface area (Å²) in [5, 5.41) is 2.96. The molecule has 3 aromatic rings. The van der Waals surface area contributed by atoms with Gasteiger partial charge in [0.2, 0.25) is 15.9 Å². The second-order valence-electron chi connectivity index (χ2n) is 8.30. The number of hydrogen-bond acceptors (Lipinski definition) is 5. The van der Waals surface area contributed by atoms with Crippen LogP contribution in [0, 0.1) is 6.92 Å². The Morgan fingerprint density at radius 3 is 2.29 bits per heavy atom. The zero-order valence-electron chi connectivity index (χ0n) is 20.5. The molecule has 0 aliphatic rings. The summed E-state index contributed by atoms with van der Waals surface area (Å²) in [4.78, 5) is 12.9. The van der Waals surface area contributed by atoms with Crippen molar-refractivity contribution in [1.82, 2.24) is 5.32 Å². The minimum absolute atomic E-state index is 0.248. The lowest BCUT2D eigenvalue weighted by Gasteiger charge is -2.24. The molecule has 0 fully saturated rings. The maximum absolute atomic E-state index is 12.9. The summed E-state index contributed by atoms with van der Waals surface area (Å²) in [6, 6.07) is 21.9. The Labute approximate surface area is 207 Å². The number of hydrogen-bond donors (Lipinski definition) is 1. The lowest BCUT2D eigenvalue weighted by molar-refractivity contribution is -0.120. The van der Waals surface area contributed by atoms with E-state index in [1.165, 1.54) is 0 Å². The van der Waals surface area contributed by atoms with Crippen molar-refractivity contribution in [2.75, 3.05) is 24.2 Å². The topological polar surface area (TPSA) is 84.9 Å². The fourth-order valence-corrected chi connectivity index (χ4v) is 4.62. The van der Waals surface area contributed by atoms with Gasteiger partial charge in [-0.1, -0.05) is 49.4 Å². The molecule has 7 nitrogen and oxygen atoms in total. The van der Waals surface area contributed by atoms with E-state index in [4.69, 9.17) is 9.47 Å². The second-order valence-corrected chi connectivity index (χ2v) is 10.2. The fourth-order valence-electron chi connectivity index (χ4n) is 3.76. The minimum Gasteiger partial charge on any atom is -0.496 e. The predicted molar refractivity (Wildman–Crippen MR) is 138 cm³/mol. The number of anilines is 1. The van der Waals surface area contributed by atoms with Crippen LogP contribution in [0.5, 0.6) is 11.5 Å². The van der Waals surface area contributed by atoms with Gasteiger partial charge in [-0.25, -0.2) is 8.42 Å². The Hall–Kier alpha value is -3.52. The predicted octanol–water partition coefficient (Wildman–Crippen LogP) is 4.62. The van der Waals surface area contributed by atoms with Gasteiger partial charge in [-0.05, 0) is 60.4 Å². The van der Waals surface area contributed by atoms with E-state index in [0.717, 1.165) is 33.0 Å². The highest BCUT2D eigenvalue weighted by Gasteiger charge is 2.23. The molecule has 8 heteroatoms. The van der Waals surface area contributed by atoms with Gasteiger partial charge in [-0.15, -0.1) is 0 Å². The maximum atomic E-state index is 12.9. The van der Waals surface area contributed by atoms with E-state index in [-0.39, 0.29) is 18.5 Å². The first kappa shape index (κ1) is 26.1. The number of nitrogens with one attached hydrogen (secondary N) is 1. The first-order chi connectivity index (χ1) is 16.7. The van der Waals surface area contributed by atoms with Gasteiger partial charge in [-0.2, -0.15) is 0 Å². The van der Waals surface area contributed by atoms with Crippen LogP contribution in [-0.4, -0.2) is 34.2 Å². The summed E-state index contributed by atoms with van der Waals surface area (Å²) < 4.78 is 37.2. The zero-order valence-corrected chi connectivity index (χ0v) is 21.3. The van der Waals surface area contributed by atoms with Crippen molar-refractivity contribution in [1.29, 1.82) is 0 Å². The van der Waals surface area contributed by atoms with Crippen LogP contribution in [-0.2, 0) is 21.4 Å². The third-order valence-corrected chi connectivity index (χ3v) is 6.77. The maximum Gasteiger partial charge on any atom is 0.241 e. The van der Waals surface area contributed by atoms with Crippen LogP contribution < -0.4 is 19.1 Å². The van der Waals surface area contributed by atoms with Crippen LogP contribution in [0.2, 0.25) is 0 Å². The average molecular weight is 497 g/mol. The van der Waals surface area contributed by atoms with E-state index in [1.54, 1.807) is 31.4 Å². The number of carbonyl (C=O) groups is 1. The first-order valence-electron chi connectivity index (χ1n) is 11.4. The standard InChI is InChI=1S/C27H32N2O5S/c1-5-25(22-11-16-26(33-3)20(2)17-22)28-27(30)18-29(35(4,31)32)23-12-14-24(15-13-23)34-19-21-9-7-6-8-10-21/h6-17,25H,5,18-19H2,1-4H3,(H,28,30)/t25-/m0/s1.